The summed E-state index contributed by atoms with van der Waals surface area (Å²) in [5.74, 6) is 0. The number of anilines is 1. The Hall–Kier alpha value is -3.95. The van der Waals surface area contributed by atoms with Gasteiger partial charge in [0.1, 0.15) is 0 Å². The fraction of sp³-hybridized carbons (Fsp3) is 0.360. The summed E-state index contributed by atoms with van der Waals surface area (Å²) in [5.41, 5.74) is 3.34. The molecule has 12 heteroatoms. The van der Waals surface area contributed by atoms with Gasteiger partial charge in [-0.05, 0) is 48.7 Å². The number of methoxy groups -OCH3 is 1. The number of nitrogens with one attached hydrogen (secondary N) is 1. The number of nitriles is 1. The molecule has 1 atom stereocenters. The Bertz CT molecular complexity index is 1390. The molecule has 1 unspecified atom stereocenters. The molecule has 4 rings (SSSR count). The van der Waals surface area contributed by atoms with Crippen molar-refractivity contribution in [3.05, 3.63) is 71.9 Å². The number of amides is 1. The van der Waals surface area contributed by atoms with E-state index in [0.717, 1.165) is 16.9 Å². The minimum absolute atomic E-state index is 0.0364. The summed E-state index contributed by atoms with van der Waals surface area (Å²) >= 11 is 0. The third kappa shape index (κ3) is 5.90. The fourth-order valence-electron chi connectivity index (χ4n) is 4.49. The van der Waals surface area contributed by atoms with Gasteiger partial charge in [-0.25, -0.2) is 23.2 Å². The molecule has 1 aliphatic rings. The van der Waals surface area contributed by atoms with Gasteiger partial charge in [0.15, 0.2) is 5.03 Å². The van der Waals surface area contributed by atoms with E-state index in [1.807, 2.05) is 23.7 Å². The van der Waals surface area contributed by atoms with Crippen molar-refractivity contribution in [2.75, 3.05) is 31.6 Å². The van der Waals surface area contributed by atoms with Crippen LogP contribution < -0.4 is 10.2 Å². The van der Waals surface area contributed by atoms with Gasteiger partial charge in [-0.15, -0.1) is 0 Å². The number of carbonyl (C=O) groups is 1. The highest BCUT2D eigenvalue weighted by atomic mass is 32.2. The van der Waals surface area contributed by atoms with Gasteiger partial charge in [0.25, 0.3) is 10.0 Å². The lowest BCUT2D eigenvalue weighted by Gasteiger charge is -2.40. The van der Waals surface area contributed by atoms with Gasteiger partial charge in [0.05, 0.1) is 37.3 Å². The number of pyridine rings is 1. The molecule has 0 bridgehead atoms. The van der Waals surface area contributed by atoms with Gasteiger partial charge < -0.3 is 19.5 Å². The first-order chi connectivity index (χ1) is 17.8. The highest BCUT2D eigenvalue weighted by molar-refractivity contribution is 7.89. The molecule has 0 fully saturated rings. The number of hydrogen-bond acceptors (Lipinski definition) is 8. The van der Waals surface area contributed by atoms with E-state index in [4.69, 9.17) is 0 Å². The Balaban J connectivity index is 1.68. The summed E-state index contributed by atoms with van der Waals surface area (Å²) in [4.78, 5) is 21.9. The Kier molecular flexibility index (Phi) is 8.05. The van der Waals surface area contributed by atoms with Crippen LogP contribution >= 0.6 is 0 Å². The van der Waals surface area contributed by atoms with Crippen molar-refractivity contribution in [1.82, 2.24) is 24.2 Å². The molecule has 194 valence electrons. The number of nitrogens with zero attached hydrogens (tertiary/aromatic N) is 6. The summed E-state index contributed by atoms with van der Waals surface area (Å²) in [7, 11) is -0.761. The van der Waals surface area contributed by atoms with Crippen LogP contribution in [-0.2, 0) is 34.8 Å². The topological polar surface area (TPSA) is 133 Å². The number of benzene rings is 1. The van der Waals surface area contributed by atoms with E-state index in [1.54, 1.807) is 30.7 Å². The average Bonchev–Trinajstić information content (AvgIpc) is 3.32. The van der Waals surface area contributed by atoms with Crippen molar-refractivity contribution < 1.29 is 17.9 Å². The standard InChI is InChI=1S/C25H29N7O4S/c1-30-18-27-15-22(30)17-31-16-21(13-20-12-19(14-26)7-8-23(20)31)32(11-5-10-29-25(33)36-2)37(34,35)24-6-3-4-9-28-24/h3-4,6-9,12,15,18,21H,5,10-11,13,16-17H2,1-2H3,(H,29,33). The molecule has 0 spiro atoms. The van der Waals surface area contributed by atoms with E-state index in [1.165, 1.54) is 23.7 Å². The van der Waals surface area contributed by atoms with Crippen molar-refractivity contribution in [2.24, 2.45) is 7.05 Å². The molecule has 0 saturated heterocycles. The quantitative estimate of drug-likeness (QED) is 0.421. The number of carbonyl (C=O) groups excluding carboxylic acids is 1. The molecule has 3 heterocycles. The summed E-state index contributed by atoms with van der Waals surface area (Å²) in [6.45, 7) is 1.37. The van der Waals surface area contributed by atoms with Crippen LogP contribution in [0.5, 0.6) is 0 Å². The summed E-state index contributed by atoms with van der Waals surface area (Å²) in [6.07, 6.45) is 5.20. The second kappa shape index (κ2) is 11.4. The zero-order chi connectivity index (χ0) is 26.4. The molecule has 3 aromatic rings. The minimum Gasteiger partial charge on any atom is -0.453 e. The molecule has 1 aliphatic heterocycles. The molecule has 1 amide bonds. The minimum atomic E-state index is -3.95. The normalized spacial score (nSPS) is 15.2. The van der Waals surface area contributed by atoms with E-state index < -0.39 is 22.2 Å². The maximum absolute atomic E-state index is 13.8. The molecule has 37 heavy (non-hydrogen) atoms. The smallest absolute Gasteiger partial charge is 0.406 e. The lowest BCUT2D eigenvalue weighted by Crippen LogP contribution is -2.51. The summed E-state index contributed by atoms with van der Waals surface area (Å²) in [5, 5.41) is 12.0. The summed E-state index contributed by atoms with van der Waals surface area (Å²) in [6, 6.07) is 12.0. The van der Waals surface area contributed by atoms with Crippen LogP contribution in [0.15, 0.2) is 60.1 Å². The molecular formula is C25H29N7O4S. The van der Waals surface area contributed by atoms with Crippen LogP contribution in [0.2, 0.25) is 0 Å². The molecule has 0 saturated carbocycles. The predicted octanol–water partition coefficient (Wildman–Crippen LogP) is 2.06. The van der Waals surface area contributed by atoms with E-state index >= 15 is 0 Å². The van der Waals surface area contributed by atoms with Crippen molar-refractivity contribution >= 4 is 21.8 Å². The summed E-state index contributed by atoms with van der Waals surface area (Å²) < 4.78 is 35.6. The van der Waals surface area contributed by atoms with Crippen molar-refractivity contribution in [2.45, 2.75) is 30.5 Å². The van der Waals surface area contributed by atoms with Crippen LogP contribution in [-0.4, -0.2) is 66.1 Å². The van der Waals surface area contributed by atoms with Gasteiger partial charge in [0, 0.05) is 50.8 Å². The second-order valence-electron chi connectivity index (χ2n) is 8.75. The molecular weight excluding hydrogens is 494 g/mol. The zero-order valence-electron chi connectivity index (χ0n) is 20.7. The van der Waals surface area contributed by atoms with Gasteiger partial charge in [-0.1, -0.05) is 6.07 Å². The SMILES string of the molecule is COC(=O)NCCCN(C1Cc2cc(C#N)ccc2N(Cc2cncn2C)C1)S(=O)(=O)c1ccccn1. The molecule has 2 aromatic heterocycles. The Morgan fingerprint density at radius 2 is 2.16 bits per heavy atom. The number of rotatable bonds is 9. The average molecular weight is 524 g/mol. The van der Waals surface area contributed by atoms with E-state index in [-0.39, 0.29) is 18.1 Å². The number of fused-ring (bicyclic) bond motifs is 1. The van der Waals surface area contributed by atoms with Crippen LogP contribution in [0.1, 0.15) is 23.2 Å². The van der Waals surface area contributed by atoms with Gasteiger partial charge in [-0.2, -0.15) is 9.57 Å². The number of alkyl carbamates (subject to hydrolysis) is 1. The zero-order valence-corrected chi connectivity index (χ0v) is 21.6. The number of ether oxygens (including phenoxy) is 1. The van der Waals surface area contributed by atoms with E-state index in [0.29, 0.717) is 31.5 Å². The molecule has 1 N–H and O–H groups in total. The monoisotopic (exact) mass is 523 g/mol. The first-order valence-corrected chi connectivity index (χ1v) is 13.3. The van der Waals surface area contributed by atoms with Gasteiger partial charge in [-0.3, -0.25) is 0 Å². The lowest BCUT2D eigenvalue weighted by atomic mass is 9.95. The van der Waals surface area contributed by atoms with Gasteiger partial charge >= 0.3 is 6.09 Å². The van der Waals surface area contributed by atoms with E-state index in [2.05, 4.69) is 31.0 Å². The highest BCUT2D eigenvalue weighted by Gasteiger charge is 2.36. The van der Waals surface area contributed by atoms with E-state index in [9.17, 15) is 18.5 Å². The molecule has 0 radical (unpaired) electrons. The number of aryl methyl sites for hydroxylation is 1. The van der Waals surface area contributed by atoms with Crippen LogP contribution in [0.25, 0.3) is 0 Å². The first kappa shape index (κ1) is 26.1. The lowest BCUT2D eigenvalue weighted by molar-refractivity contribution is 0.170. The van der Waals surface area contributed by atoms with Crippen molar-refractivity contribution in [3.63, 3.8) is 0 Å². The Labute approximate surface area is 216 Å². The predicted molar refractivity (Wildman–Crippen MR) is 136 cm³/mol. The number of hydrogen-bond donors (Lipinski definition) is 1. The first-order valence-electron chi connectivity index (χ1n) is 11.8. The van der Waals surface area contributed by atoms with Crippen molar-refractivity contribution in [3.8, 4) is 6.07 Å². The number of aromatic nitrogens is 3. The largest absolute Gasteiger partial charge is 0.453 e. The third-order valence-electron chi connectivity index (χ3n) is 6.33. The maximum Gasteiger partial charge on any atom is 0.406 e. The molecule has 1 aromatic carbocycles. The fourth-order valence-corrected chi connectivity index (χ4v) is 6.08. The maximum atomic E-state index is 13.8. The second-order valence-corrected chi connectivity index (χ2v) is 10.6. The molecule has 11 nitrogen and oxygen atoms in total. The van der Waals surface area contributed by atoms with Crippen LogP contribution in [0, 0.1) is 11.3 Å². The number of sulfonamides is 1. The van der Waals surface area contributed by atoms with Crippen LogP contribution in [0.3, 0.4) is 0 Å². The highest BCUT2D eigenvalue weighted by Crippen LogP contribution is 2.33. The van der Waals surface area contributed by atoms with Gasteiger partial charge in [0.2, 0.25) is 0 Å². The molecule has 0 aliphatic carbocycles. The van der Waals surface area contributed by atoms with Crippen molar-refractivity contribution in [1.29, 1.82) is 5.26 Å². The van der Waals surface area contributed by atoms with Crippen LogP contribution in [0.4, 0.5) is 10.5 Å². The Morgan fingerprint density at radius 1 is 1.32 bits per heavy atom. The third-order valence-corrected chi connectivity index (χ3v) is 8.20. The Morgan fingerprint density at radius 3 is 2.84 bits per heavy atom. The number of imidazole rings is 1.